The molecule has 3 N–H and O–H groups in total. The van der Waals surface area contributed by atoms with E-state index in [-0.39, 0.29) is 18.6 Å². The number of nitrogens with two attached hydrogens (primary N) is 1. The number of nitrogen functional groups attached to an aromatic ring is 1. The predicted molar refractivity (Wildman–Crippen MR) is 64.6 cm³/mol. The lowest BCUT2D eigenvalue weighted by Crippen LogP contribution is -2.34. The van der Waals surface area contributed by atoms with Crippen LogP contribution in [0.25, 0.3) is 0 Å². The smallest absolute Gasteiger partial charge is 0.258 e. The molecule has 0 spiro atoms. The van der Waals surface area contributed by atoms with Gasteiger partial charge in [-0.1, -0.05) is 11.6 Å². The van der Waals surface area contributed by atoms with Gasteiger partial charge in [0.2, 0.25) is 0 Å². The van der Waals surface area contributed by atoms with Gasteiger partial charge in [-0.05, 0) is 26.0 Å². The fourth-order valence-corrected chi connectivity index (χ4v) is 1.30. The Labute approximate surface area is 99.7 Å². The maximum absolute atomic E-state index is 11.3. The molecule has 1 rings (SSSR count). The number of ether oxygens (including phenoxy) is 1. The van der Waals surface area contributed by atoms with E-state index in [2.05, 4.69) is 5.32 Å². The maximum atomic E-state index is 11.3. The molecule has 0 saturated heterocycles. The minimum Gasteiger partial charge on any atom is -0.482 e. The molecule has 1 amide bonds. The van der Waals surface area contributed by atoms with Gasteiger partial charge >= 0.3 is 0 Å². The number of amides is 1. The summed E-state index contributed by atoms with van der Waals surface area (Å²) in [6.45, 7) is 3.69. The molecular formula is C11H15ClN2O2. The SMILES string of the molecule is CC(C)NC(=O)COc1cc(Cl)ccc1N. The zero-order valence-corrected chi connectivity index (χ0v) is 10.0. The second-order valence-electron chi connectivity index (χ2n) is 3.69. The van der Waals surface area contributed by atoms with Crippen molar-refractivity contribution in [2.75, 3.05) is 12.3 Å². The van der Waals surface area contributed by atoms with Crippen molar-refractivity contribution in [3.63, 3.8) is 0 Å². The predicted octanol–water partition coefficient (Wildman–Crippen LogP) is 1.83. The molecule has 4 nitrogen and oxygen atoms in total. The number of hydrogen-bond acceptors (Lipinski definition) is 3. The number of carbonyl (C=O) groups excluding carboxylic acids is 1. The van der Waals surface area contributed by atoms with Crippen molar-refractivity contribution in [1.82, 2.24) is 5.32 Å². The van der Waals surface area contributed by atoms with Crippen LogP contribution in [0.15, 0.2) is 18.2 Å². The molecule has 16 heavy (non-hydrogen) atoms. The molecule has 0 bridgehead atoms. The van der Waals surface area contributed by atoms with Crippen molar-refractivity contribution in [3.05, 3.63) is 23.2 Å². The van der Waals surface area contributed by atoms with Crippen molar-refractivity contribution in [1.29, 1.82) is 0 Å². The lowest BCUT2D eigenvalue weighted by molar-refractivity contribution is -0.123. The third kappa shape index (κ3) is 3.98. The summed E-state index contributed by atoms with van der Waals surface area (Å²) < 4.78 is 5.26. The highest BCUT2D eigenvalue weighted by Gasteiger charge is 2.06. The zero-order valence-electron chi connectivity index (χ0n) is 9.29. The minimum absolute atomic E-state index is 0.0667. The molecule has 0 atom stereocenters. The molecule has 88 valence electrons. The summed E-state index contributed by atoms with van der Waals surface area (Å²) in [5.74, 6) is 0.237. The molecule has 0 aliphatic heterocycles. The third-order valence-electron chi connectivity index (χ3n) is 1.78. The van der Waals surface area contributed by atoms with Crippen molar-refractivity contribution < 1.29 is 9.53 Å². The molecule has 5 heteroatoms. The Morgan fingerprint density at radius 1 is 1.56 bits per heavy atom. The quantitative estimate of drug-likeness (QED) is 0.792. The first-order chi connectivity index (χ1) is 7.49. The Hall–Kier alpha value is -1.42. The fourth-order valence-electron chi connectivity index (χ4n) is 1.14. The summed E-state index contributed by atoms with van der Waals surface area (Å²) in [5.41, 5.74) is 6.12. The van der Waals surface area contributed by atoms with E-state index in [1.165, 1.54) is 0 Å². The number of hydrogen-bond donors (Lipinski definition) is 2. The zero-order chi connectivity index (χ0) is 12.1. The summed E-state index contributed by atoms with van der Waals surface area (Å²) in [7, 11) is 0. The molecule has 0 aromatic heterocycles. The molecule has 1 aromatic rings. The van der Waals surface area contributed by atoms with E-state index in [1.807, 2.05) is 13.8 Å². The highest BCUT2D eigenvalue weighted by molar-refractivity contribution is 6.30. The largest absolute Gasteiger partial charge is 0.482 e. The Balaban J connectivity index is 2.54. The van der Waals surface area contributed by atoms with E-state index in [0.29, 0.717) is 16.5 Å². The van der Waals surface area contributed by atoms with E-state index in [0.717, 1.165) is 0 Å². The average molecular weight is 243 g/mol. The Morgan fingerprint density at radius 3 is 2.88 bits per heavy atom. The van der Waals surface area contributed by atoms with E-state index in [4.69, 9.17) is 22.1 Å². The summed E-state index contributed by atoms with van der Waals surface area (Å²) in [6, 6.07) is 4.97. The van der Waals surface area contributed by atoms with Crippen LogP contribution in [0.2, 0.25) is 5.02 Å². The number of halogens is 1. The summed E-state index contributed by atoms with van der Waals surface area (Å²) in [6.07, 6.45) is 0. The van der Waals surface area contributed by atoms with E-state index < -0.39 is 0 Å². The number of nitrogens with one attached hydrogen (secondary N) is 1. The number of anilines is 1. The molecule has 0 radical (unpaired) electrons. The first kappa shape index (κ1) is 12.6. The van der Waals surface area contributed by atoms with Crippen LogP contribution >= 0.6 is 11.6 Å². The van der Waals surface area contributed by atoms with E-state index in [9.17, 15) is 4.79 Å². The van der Waals surface area contributed by atoms with Crippen LogP contribution in [0, 0.1) is 0 Å². The monoisotopic (exact) mass is 242 g/mol. The van der Waals surface area contributed by atoms with Crippen LogP contribution in [-0.4, -0.2) is 18.6 Å². The van der Waals surface area contributed by atoms with Crippen LogP contribution in [0.4, 0.5) is 5.69 Å². The van der Waals surface area contributed by atoms with Gasteiger partial charge in [-0.2, -0.15) is 0 Å². The molecule has 0 fully saturated rings. The first-order valence-electron chi connectivity index (χ1n) is 4.96. The Kier molecular flexibility index (Phi) is 4.43. The molecule has 0 unspecified atom stereocenters. The fraction of sp³-hybridized carbons (Fsp3) is 0.364. The van der Waals surface area contributed by atoms with Crippen LogP contribution in [0.1, 0.15) is 13.8 Å². The molecule has 0 heterocycles. The average Bonchev–Trinajstić information content (AvgIpc) is 2.18. The van der Waals surface area contributed by atoms with Gasteiger partial charge in [-0.25, -0.2) is 0 Å². The van der Waals surface area contributed by atoms with Crippen molar-refractivity contribution in [3.8, 4) is 5.75 Å². The van der Waals surface area contributed by atoms with Crippen LogP contribution in [-0.2, 0) is 4.79 Å². The van der Waals surface area contributed by atoms with Gasteiger partial charge in [0.1, 0.15) is 5.75 Å². The van der Waals surface area contributed by atoms with Crippen LogP contribution in [0.5, 0.6) is 5.75 Å². The lowest BCUT2D eigenvalue weighted by atomic mass is 10.3. The summed E-state index contributed by atoms with van der Waals surface area (Å²) >= 11 is 5.78. The van der Waals surface area contributed by atoms with E-state index in [1.54, 1.807) is 18.2 Å². The number of carbonyl (C=O) groups is 1. The van der Waals surface area contributed by atoms with Gasteiger partial charge in [-0.15, -0.1) is 0 Å². The van der Waals surface area contributed by atoms with Gasteiger partial charge < -0.3 is 15.8 Å². The standard InChI is InChI=1S/C11H15ClN2O2/c1-7(2)14-11(15)6-16-10-5-8(12)3-4-9(10)13/h3-5,7H,6,13H2,1-2H3,(H,14,15). The third-order valence-corrected chi connectivity index (χ3v) is 2.02. The van der Waals surface area contributed by atoms with Crippen LogP contribution in [0.3, 0.4) is 0 Å². The topological polar surface area (TPSA) is 64.3 Å². The minimum atomic E-state index is -0.186. The van der Waals surface area contributed by atoms with Crippen LogP contribution < -0.4 is 15.8 Å². The Morgan fingerprint density at radius 2 is 2.25 bits per heavy atom. The molecule has 0 aliphatic rings. The van der Waals surface area contributed by atoms with Gasteiger partial charge in [0.25, 0.3) is 5.91 Å². The van der Waals surface area contributed by atoms with Gasteiger partial charge in [-0.3, -0.25) is 4.79 Å². The lowest BCUT2D eigenvalue weighted by Gasteiger charge is -2.11. The normalized spacial score (nSPS) is 10.2. The first-order valence-corrected chi connectivity index (χ1v) is 5.34. The highest BCUT2D eigenvalue weighted by Crippen LogP contribution is 2.25. The summed E-state index contributed by atoms with van der Waals surface area (Å²) in [4.78, 5) is 11.3. The highest BCUT2D eigenvalue weighted by atomic mass is 35.5. The van der Waals surface area contributed by atoms with E-state index >= 15 is 0 Å². The second-order valence-corrected chi connectivity index (χ2v) is 4.13. The Bertz CT molecular complexity index is 380. The number of benzene rings is 1. The van der Waals surface area contributed by atoms with Gasteiger partial charge in [0.05, 0.1) is 5.69 Å². The molecule has 0 aliphatic carbocycles. The summed E-state index contributed by atoms with van der Waals surface area (Å²) in [5, 5.41) is 3.23. The van der Waals surface area contributed by atoms with Gasteiger partial charge in [0.15, 0.2) is 6.61 Å². The molecule has 0 saturated carbocycles. The van der Waals surface area contributed by atoms with Crippen molar-refractivity contribution >= 4 is 23.2 Å². The molecule has 1 aromatic carbocycles. The van der Waals surface area contributed by atoms with Crippen molar-refractivity contribution in [2.45, 2.75) is 19.9 Å². The van der Waals surface area contributed by atoms with Crippen molar-refractivity contribution in [2.24, 2.45) is 0 Å². The molecular weight excluding hydrogens is 228 g/mol. The number of rotatable bonds is 4. The maximum Gasteiger partial charge on any atom is 0.258 e. The second kappa shape index (κ2) is 5.61. The van der Waals surface area contributed by atoms with Gasteiger partial charge in [0, 0.05) is 17.1 Å².